The van der Waals surface area contributed by atoms with Crippen LogP contribution >= 0.6 is 11.9 Å². The Morgan fingerprint density at radius 3 is 2.76 bits per heavy atom. The summed E-state index contributed by atoms with van der Waals surface area (Å²) in [6, 6.07) is 4.99. The minimum atomic E-state index is -3.69. The van der Waals surface area contributed by atoms with Gasteiger partial charge < -0.3 is 9.47 Å². The van der Waals surface area contributed by atoms with Gasteiger partial charge in [0.05, 0.1) is 30.4 Å². The predicted octanol–water partition coefficient (Wildman–Crippen LogP) is 2.27. The fraction of sp³-hybridized carbons (Fsp3) is 0.222. The van der Waals surface area contributed by atoms with Crippen molar-refractivity contribution in [2.24, 2.45) is 9.39 Å². The topological polar surface area (TPSA) is 121 Å². The van der Waals surface area contributed by atoms with E-state index in [4.69, 9.17) is 14.9 Å². The third-order valence-electron chi connectivity index (χ3n) is 4.01. The lowest BCUT2D eigenvalue weighted by Gasteiger charge is -2.24. The van der Waals surface area contributed by atoms with Gasteiger partial charge in [-0.25, -0.2) is 13.3 Å². The summed E-state index contributed by atoms with van der Waals surface area (Å²) in [6.07, 6.45) is 3.05. The molecule has 29 heavy (non-hydrogen) atoms. The number of sulfone groups is 1. The first kappa shape index (κ1) is 20.8. The summed E-state index contributed by atoms with van der Waals surface area (Å²) in [4.78, 5) is 17.4. The third kappa shape index (κ3) is 3.96. The van der Waals surface area contributed by atoms with Crippen LogP contribution in [0.3, 0.4) is 0 Å². The van der Waals surface area contributed by atoms with Crippen molar-refractivity contribution in [3.63, 3.8) is 0 Å². The Hall–Kier alpha value is -2.92. The predicted molar refractivity (Wildman–Crippen MR) is 113 cm³/mol. The maximum absolute atomic E-state index is 12.4. The molecule has 1 N–H and O–H groups in total. The Balaban J connectivity index is 1.98. The van der Waals surface area contributed by atoms with Crippen LogP contribution < -0.4 is 9.47 Å². The van der Waals surface area contributed by atoms with Crippen LogP contribution in [0.15, 0.2) is 45.8 Å². The second-order valence-electron chi connectivity index (χ2n) is 5.82. The molecule has 2 aliphatic heterocycles. The van der Waals surface area contributed by atoms with Gasteiger partial charge in [0.25, 0.3) is 5.91 Å². The van der Waals surface area contributed by atoms with Gasteiger partial charge in [-0.2, -0.15) is 9.39 Å². The van der Waals surface area contributed by atoms with E-state index in [0.717, 1.165) is 16.8 Å². The van der Waals surface area contributed by atoms with Crippen molar-refractivity contribution in [2.75, 3.05) is 19.5 Å². The van der Waals surface area contributed by atoms with Crippen molar-refractivity contribution >= 4 is 49.9 Å². The number of nitrogens with zero attached hydrogens (tertiary/aromatic N) is 3. The number of methoxy groups -OCH3 is 1. The number of aliphatic imine (C=N–C) groups is 1. The van der Waals surface area contributed by atoms with Crippen molar-refractivity contribution in [3.8, 4) is 11.5 Å². The number of benzene rings is 1. The van der Waals surface area contributed by atoms with E-state index in [0.29, 0.717) is 23.7 Å². The van der Waals surface area contributed by atoms with E-state index >= 15 is 0 Å². The van der Waals surface area contributed by atoms with Crippen molar-refractivity contribution in [1.29, 1.82) is 5.41 Å². The molecule has 0 radical (unpaired) electrons. The second-order valence-corrected chi connectivity index (χ2v) is 8.72. The highest BCUT2D eigenvalue weighted by Crippen LogP contribution is 2.32. The normalized spacial score (nSPS) is 17.7. The van der Waals surface area contributed by atoms with Crippen molar-refractivity contribution in [2.45, 2.75) is 6.92 Å². The molecule has 0 saturated heterocycles. The Labute approximate surface area is 172 Å². The molecule has 1 aromatic carbocycles. The number of amides is 1. The van der Waals surface area contributed by atoms with E-state index in [9.17, 15) is 13.2 Å². The van der Waals surface area contributed by atoms with E-state index in [1.165, 1.54) is 20.1 Å². The summed E-state index contributed by atoms with van der Waals surface area (Å²) in [5, 5.41) is 8.16. The average molecular weight is 434 g/mol. The van der Waals surface area contributed by atoms with Crippen LogP contribution in [0.4, 0.5) is 0 Å². The number of amidine groups is 3. The van der Waals surface area contributed by atoms with Crippen LogP contribution in [0.1, 0.15) is 12.5 Å². The lowest BCUT2D eigenvalue weighted by molar-refractivity contribution is -0.114. The molecular formula is C18H18N4O5S2. The van der Waals surface area contributed by atoms with Gasteiger partial charge in [0, 0.05) is 0 Å². The number of rotatable bonds is 6. The average Bonchev–Trinajstić information content (AvgIpc) is 3.14. The lowest BCUT2D eigenvalue weighted by atomic mass is 10.1. The van der Waals surface area contributed by atoms with Crippen LogP contribution in [-0.4, -0.2) is 54.9 Å². The zero-order valence-corrected chi connectivity index (χ0v) is 17.3. The largest absolute Gasteiger partial charge is 0.493 e. The van der Waals surface area contributed by atoms with E-state index in [1.54, 1.807) is 24.3 Å². The highest BCUT2D eigenvalue weighted by Gasteiger charge is 2.42. The summed E-state index contributed by atoms with van der Waals surface area (Å²) in [6.45, 7) is 5.38. The molecule has 11 heteroatoms. The molecule has 0 fully saturated rings. The first-order valence-electron chi connectivity index (χ1n) is 8.45. The van der Waals surface area contributed by atoms with Crippen LogP contribution in [0, 0.1) is 5.41 Å². The van der Waals surface area contributed by atoms with E-state index < -0.39 is 15.7 Å². The zero-order valence-electron chi connectivity index (χ0n) is 15.7. The number of fused-ring (bicyclic) bond motifs is 1. The summed E-state index contributed by atoms with van der Waals surface area (Å²) in [7, 11) is -2.21. The van der Waals surface area contributed by atoms with E-state index in [1.807, 2.05) is 0 Å². The molecule has 0 spiro atoms. The van der Waals surface area contributed by atoms with Gasteiger partial charge in [-0.15, -0.1) is 0 Å². The summed E-state index contributed by atoms with van der Waals surface area (Å²) >= 11 is 0.759. The molecular weight excluding hydrogens is 416 g/mol. The van der Waals surface area contributed by atoms with Gasteiger partial charge in [0.2, 0.25) is 20.2 Å². The maximum Gasteiger partial charge on any atom is 0.283 e. The molecule has 0 saturated carbocycles. The molecule has 0 bridgehead atoms. The van der Waals surface area contributed by atoms with Gasteiger partial charge in [0.15, 0.2) is 11.5 Å². The Morgan fingerprint density at radius 2 is 2.10 bits per heavy atom. The van der Waals surface area contributed by atoms with Crippen molar-refractivity contribution in [1.82, 2.24) is 4.90 Å². The van der Waals surface area contributed by atoms with Crippen LogP contribution in [0.2, 0.25) is 0 Å². The van der Waals surface area contributed by atoms with E-state index in [2.05, 4.69) is 16.0 Å². The standard InChI is InChI=1S/C18H18N4O5S2/c1-4-8-27-13-7-6-11(10-14(13)26-3)9-12-15(19)22-17(20-16(12)23)28-21-18(22)29(24,25)5-2/h4,6-7,9-10,19H,1,5,8H2,2-3H3/b12-9-,19-15?. The van der Waals surface area contributed by atoms with Gasteiger partial charge >= 0.3 is 0 Å². The number of ether oxygens (including phenoxy) is 2. The molecule has 1 aromatic rings. The second kappa shape index (κ2) is 8.21. The molecule has 1 amide bonds. The molecule has 0 atom stereocenters. The number of carbonyl (C=O) groups excluding carboxylic acids is 1. The quantitative estimate of drug-likeness (QED) is 0.414. The number of carbonyl (C=O) groups is 1. The third-order valence-corrected chi connectivity index (χ3v) is 6.42. The molecule has 0 aliphatic carbocycles. The minimum Gasteiger partial charge on any atom is -0.493 e. The zero-order chi connectivity index (χ0) is 21.2. The first-order chi connectivity index (χ1) is 13.8. The maximum atomic E-state index is 12.4. The lowest BCUT2D eigenvalue weighted by Crippen LogP contribution is -2.45. The highest BCUT2D eigenvalue weighted by molar-refractivity contribution is 8.16. The van der Waals surface area contributed by atoms with Crippen LogP contribution in [0.25, 0.3) is 6.08 Å². The first-order valence-corrected chi connectivity index (χ1v) is 10.9. The minimum absolute atomic E-state index is 0.0509. The van der Waals surface area contributed by atoms with Crippen molar-refractivity contribution in [3.05, 3.63) is 42.0 Å². The number of hydrogen-bond acceptors (Lipinski definition) is 8. The molecule has 3 rings (SSSR count). The molecule has 152 valence electrons. The Morgan fingerprint density at radius 1 is 1.34 bits per heavy atom. The smallest absolute Gasteiger partial charge is 0.283 e. The van der Waals surface area contributed by atoms with Gasteiger partial charge in [0.1, 0.15) is 12.4 Å². The molecule has 0 unspecified atom stereocenters. The monoisotopic (exact) mass is 434 g/mol. The van der Waals surface area contributed by atoms with E-state index in [-0.39, 0.29) is 27.5 Å². The fourth-order valence-corrected chi connectivity index (χ4v) is 4.50. The Bertz CT molecular complexity index is 1090. The number of nitrogens with one attached hydrogen (secondary N) is 1. The molecule has 9 nitrogen and oxygen atoms in total. The van der Waals surface area contributed by atoms with Gasteiger partial charge in [-0.05, 0) is 23.8 Å². The Kier molecular flexibility index (Phi) is 5.89. The molecule has 2 heterocycles. The fourth-order valence-electron chi connectivity index (χ4n) is 2.54. The van der Waals surface area contributed by atoms with Crippen molar-refractivity contribution < 1.29 is 22.7 Å². The van der Waals surface area contributed by atoms with Gasteiger partial charge in [-0.3, -0.25) is 10.2 Å². The SMILES string of the molecule is C=CCOc1ccc(/C=C2/C(=N)N3C(=NC2=O)SN=C3S(=O)(=O)CC)cc1OC. The number of hydrogen-bond donors (Lipinski definition) is 1. The molecule has 0 aromatic heterocycles. The highest BCUT2D eigenvalue weighted by atomic mass is 32.2. The van der Waals surface area contributed by atoms with Crippen LogP contribution in [0.5, 0.6) is 11.5 Å². The van der Waals surface area contributed by atoms with Crippen LogP contribution in [-0.2, 0) is 14.6 Å². The summed E-state index contributed by atoms with van der Waals surface area (Å²) in [5.41, 5.74) is 0.500. The molecule has 2 aliphatic rings. The van der Waals surface area contributed by atoms with Gasteiger partial charge in [-0.1, -0.05) is 25.6 Å². The summed E-state index contributed by atoms with van der Waals surface area (Å²) < 4.78 is 39.2. The summed E-state index contributed by atoms with van der Waals surface area (Å²) in [5.74, 6) is -0.191.